The van der Waals surface area contributed by atoms with Gasteiger partial charge < -0.3 is 21.1 Å². The summed E-state index contributed by atoms with van der Waals surface area (Å²) in [4.78, 5) is 36.3. The first kappa shape index (κ1) is 28.6. The second-order valence-corrected chi connectivity index (χ2v) is 8.70. The van der Waals surface area contributed by atoms with Gasteiger partial charge in [-0.15, -0.1) is 0 Å². The largest absolute Gasteiger partial charge is 0.380 e. The fraction of sp³-hybridized carbons (Fsp3) is 0.654. The minimum atomic E-state index is -0.985. The van der Waals surface area contributed by atoms with Crippen LogP contribution in [0.25, 0.3) is 0 Å². The number of benzene rings is 1. The Morgan fingerprint density at radius 1 is 0.879 bits per heavy atom. The van der Waals surface area contributed by atoms with Crippen LogP contribution < -0.4 is 16.4 Å². The van der Waals surface area contributed by atoms with Crippen LogP contribution >= 0.6 is 0 Å². The molecule has 0 radical (unpaired) electrons. The molecule has 0 heterocycles. The molecule has 186 valence electrons. The molecule has 0 aromatic heterocycles. The molecule has 0 spiro atoms. The third-order valence-electron chi connectivity index (χ3n) is 5.60. The zero-order valence-electron chi connectivity index (χ0n) is 20.5. The van der Waals surface area contributed by atoms with Crippen LogP contribution in [-0.2, 0) is 25.7 Å². The van der Waals surface area contributed by atoms with Crippen LogP contribution in [0.1, 0.15) is 96.0 Å². The fourth-order valence-electron chi connectivity index (χ4n) is 3.71. The number of nitrogens with one attached hydrogen (secondary N) is 2. The van der Waals surface area contributed by atoms with Crippen LogP contribution in [-0.4, -0.2) is 30.9 Å². The molecule has 0 aliphatic carbocycles. The van der Waals surface area contributed by atoms with Crippen LogP contribution in [0.2, 0.25) is 0 Å². The van der Waals surface area contributed by atoms with Gasteiger partial charge in [-0.25, -0.2) is 0 Å². The van der Waals surface area contributed by atoms with Gasteiger partial charge in [0.25, 0.3) is 0 Å². The quantitative estimate of drug-likeness (QED) is 0.256. The summed E-state index contributed by atoms with van der Waals surface area (Å²) in [6, 6.07) is 6.20. The number of primary amides is 1. The molecule has 1 atom stereocenters. The minimum Gasteiger partial charge on any atom is -0.380 e. The molecule has 0 aliphatic heterocycles. The monoisotopic (exact) mass is 461 g/mol. The zero-order chi connectivity index (χ0) is 24.3. The number of rotatable bonds is 19. The maximum Gasteiger partial charge on any atom is 0.247 e. The maximum absolute atomic E-state index is 12.6. The van der Waals surface area contributed by atoms with E-state index in [9.17, 15) is 14.4 Å². The predicted molar refractivity (Wildman–Crippen MR) is 133 cm³/mol. The molecule has 4 N–H and O–H groups in total. The van der Waals surface area contributed by atoms with E-state index in [0.717, 1.165) is 24.8 Å². The number of hydrogen-bond acceptors (Lipinski definition) is 4. The molecule has 0 saturated heterocycles. The lowest BCUT2D eigenvalue weighted by molar-refractivity contribution is -0.128. The number of amides is 3. The van der Waals surface area contributed by atoms with Gasteiger partial charge >= 0.3 is 0 Å². The third-order valence-corrected chi connectivity index (χ3v) is 5.60. The molecular formula is C26H43N3O4. The third kappa shape index (κ3) is 14.4. The van der Waals surface area contributed by atoms with Gasteiger partial charge in [-0.2, -0.15) is 0 Å². The van der Waals surface area contributed by atoms with Crippen molar-refractivity contribution in [2.24, 2.45) is 5.73 Å². The van der Waals surface area contributed by atoms with Crippen LogP contribution in [0, 0.1) is 0 Å². The topological polar surface area (TPSA) is 111 Å². The number of ether oxygens (including phenoxy) is 1. The Morgan fingerprint density at radius 3 is 1.94 bits per heavy atom. The van der Waals surface area contributed by atoms with Gasteiger partial charge in [-0.1, -0.05) is 83.3 Å². The highest BCUT2D eigenvalue weighted by molar-refractivity contribution is 5.99. The molecule has 7 heteroatoms. The van der Waals surface area contributed by atoms with Gasteiger partial charge in [0.2, 0.25) is 17.7 Å². The van der Waals surface area contributed by atoms with E-state index in [1.54, 1.807) is 19.2 Å². The summed E-state index contributed by atoms with van der Waals surface area (Å²) < 4.78 is 5.07. The summed E-state index contributed by atoms with van der Waals surface area (Å²) in [7, 11) is 1.61. The molecule has 1 aromatic rings. The van der Waals surface area contributed by atoms with Crippen LogP contribution in [0.15, 0.2) is 24.3 Å². The number of anilines is 1. The van der Waals surface area contributed by atoms with Gasteiger partial charge in [0.15, 0.2) is 0 Å². The van der Waals surface area contributed by atoms with E-state index >= 15 is 0 Å². The Morgan fingerprint density at radius 2 is 1.42 bits per heavy atom. The van der Waals surface area contributed by atoms with Crippen LogP contribution in [0.5, 0.6) is 0 Å². The first-order chi connectivity index (χ1) is 16.0. The molecule has 0 unspecified atom stereocenters. The molecular weight excluding hydrogens is 418 g/mol. The van der Waals surface area contributed by atoms with Crippen molar-refractivity contribution in [3.05, 3.63) is 29.8 Å². The molecule has 7 nitrogen and oxygen atoms in total. The number of methoxy groups -OCH3 is 1. The molecule has 0 fully saturated rings. The molecule has 1 rings (SSSR count). The zero-order valence-corrected chi connectivity index (χ0v) is 20.5. The smallest absolute Gasteiger partial charge is 0.247 e. The van der Waals surface area contributed by atoms with Crippen molar-refractivity contribution in [2.75, 3.05) is 12.4 Å². The Labute approximate surface area is 199 Å². The van der Waals surface area contributed by atoms with Crippen molar-refractivity contribution in [1.82, 2.24) is 5.32 Å². The summed E-state index contributed by atoms with van der Waals surface area (Å²) in [6.07, 6.45) is 13.4. The number of carbonyl (C=O) groups is 3. The van der Waals surface area contributed by atoms with Crippen molar-refractivity contribution < 1.29 is 19.1 Å². The summed E-state index contributed by atoms with van der Waals surface area (Å²) in [5, 5.41) is 5.40. The van der Waals surface area contributed by atoms with Gasteiger partial charge in [0.05, 0.1) is 13.0 Å². The van der Waals surface area contributed by atoms with Gasteiger partial charge in [0.1, 0.15) is 6.04 Å². The Balaban J connectivity index is 2.30. The van der Waals surface area contributed by atoms with Crippen LogP contribution in [0.4, 0.5) is 5.69 Å². The number of carbonyl (C=O) groups excluding carboxylic acids is 3. The van der Waals surface area contributed by atoms with Gasteiger partial charge in [-0.05, 0) is 24.1 Å². The highest BCUT2D eigenvalue weighted by atomic mass is 16.5. The van der Waals surface area contributed by atoms with E-state index in [2.05, 4.69) is 17.6 Å². The molecule has 0 aliphatic rings. The molecule has 0 saturated carbocycles. The lowest BCUT2D eigenvalue weighted by Crippen LogP contribution is -2.46. The number of hydrogen-bond donors (Lipinski definition) is 3. The van der Waals surface area contributed by atoms with E-state index in [0.29, 0.717) is 18.7 Å². The first-order valence-electron chi connectivity index (χ1n) is 12.4. The van der Waals surface area contributed by atoms with Crippen LogP contribution in [0.3, 0.4) is 0 Å². The highest BCUT2D eigenvalue weighted by Crippen LogP contribution is 2.13. The second-order valence-electron chi connectivity index (χ2n) is 8.70. The lowest BCUT2D eigenvalue weighted by atomic mass is 10.0. The Hall–Kier alpha value is -2.41. The van der Waals surface area contributed by atoms with E-state index in [1.807, 2.05) is 12.1 Å². The van der Waals surface area contributed by atoms with Gasteiger partial charge in [0, 0.05) is 19.2 Å². The fourth-order valence-corrected chi connectivity index (χ4v) is 3.71. The van der Waals surface area contributed by atoms with Crippen molar-refractivity contribution in [2.45, 2.75) is 103 Å². The maximum atomic E-state index is 12.6. The minimum absolute atomic E-state index is 0.234. The average molecular weight is 462 g/mol. The van der Waals surface area contributed by atoms with E-state index in [1.165, 1.54) is 51.4 Å². The van der Waals surface area contributed by atoms with E-state index in [-0.39, 0.29) is 12.3 Å². The SMILES string of the molecule is CCCCCCCCCCCCCC(=O)N[C@H](CC(N)=O)C(=O)Nc1ccc(COC)cc1. The summed E-state index contributed by atoms with van der Waals surface area (Å²) in [5.74, 6) is -1.33. The number of nitrogens with two attached hydrogens (primary N) is 1. The predicted octanol–water partition coefficient (Wildman–Crippen LogP) is 4.83. The standard InChI is InChI=1S/C26H43N3O4/c1-3-4-5-6-7-8-9-10-11-12-13-14-25(31)29-23(19-24(27)30)26(32)28-22-17-15-21(16-18-22)20-33-2/h15-18,23H,3-14,19-20H2,1-2H3,(H2,27,30)(H,28,32)(H,29,31)/t23-/m1/s1. The van der Waals surface area contributed by atoms with Gasteiger partial charge in [-0.3, -0.25) is 14.4 Å². The van der Waals surface area contributed by atoms with E-state index in [4.69, 9.17) is 10.5 Å². The molecule has 1 aromatic carbocycles. The Kier molecular flexibility index (Phi) is 15.7. The highest BCUT2D eigenvalue weighted by Gasteiger charge is 2.23. The first-order valence-corrected chi connectivity index (χ1v) is 12.4. The summed E-state index contributed by atoms with van der Waals surface area (Å²) in [5.41, 5.74) is 6.84. The average Bonchev–Trinajstić information content (AvgIpc) is 2.78. The van der Waals surface area contributed by atoms with Crippen molar-refractivity contribution >= 4 is 23.4 Å². The molecule has 3 amide bonds. The number of unbranched alkanes of at least 4 members (excludes halogenated alkanes) is 10. The van der Waals surface area contributed by atoms with E-state index < -0.39 is 17.9 Å². The van der Waals surface area contributed by atoms with Crippen molar-refractivity contribution in [3.8, 4) is 0 Å². The normalized spacial score (nSPS) is 11.7. The second kappa shape index (κ2) is 18.1. The summed E-state index contributed by atoms with van der Waals surface area (Å²) in [6.45, 7) is 2.71. The Bertz CT molecular complexity index is 691. The van der Waals surface area contributed by atoms with Crippen molar-refractivity contribution in [1.29, 1.82) is 0 Å². The lowest BCUT2D eigenvalue weighted by Gasteiger charge is -2.17. The molecule has 0 bridgehead atoms. The molecule has 33 heavy (non-hydrogen) atoms. The summed E-state index contributed by atoms with van der Waals surface area (Å²) >= 11 is 0. The van der Waals surface area contributed by atoms with Crippen molar-refractivity contribution in [3.63, 3.8) is 0 Å².